The van der Waals surface area contributed by atoms with Crippen LogP contribution >= 0.6 is 46.7 Å². The van der Waals surface area contributed by atoms with Crippen molar-refractivity contribution in [1.82, 2.24) is 20.5 Å². The molecule has 3 rings (SSSR count). The van der Waals surface area contributed by atoms with Crippen LogP contribution in [0.1, 0.15) is 21.1 Å². The summed E-state index contributed by atoms with van der Waals surface area (Å²) in [5.41, 5.74) is 2.58. The average Bonchev–Trinajstić information content (AvgIpc) is 3.18. The third-order valence-electron chi connectivity index (χ3n) is 3.90. The Morgan fingerprint density at radius 2 is 2.25 bits per heavy atom. The molecule has 0 bridgehead atoms. The van der Waals surface area contributed by atoms with Gasteiger partial charge in [0.1, 0.15) is 5.01 Å². The lowest BCUT2D eigenvalue weighted by atomic mass is 10.1. The van der Waals surface area contributed by atoms with Crippen LogP contribution in [0.3, 0.4) is 0 Å². The minimum absolute atomic E-state index is 0. The van der Waals surface area contributed by atoms with Gasteiger partial charge in [-0.15, -0.1) is 46.7 Å². The summed E-state index contributed by atoms with van der Waals surface area (Å²) >= 11 is 3.57. The molecule has 0 fully saturated rings. The highest BCUT2D eigenvalue weighted by Crippen LogP contribution is 2.23. The van der Waals surface area contributed by atoms with E-state index >= 15 is 0 Å². The smallest absolute Gasteiger partial charge is 0.191 e. The Morgan fingerprint density at radius 3 is 3.00 bits per heavy atom. The van der Waals surface area contributed by atoms with Crippen LogP contribution in [-0.2, 0) is 19.5 Å². The molecule has 0 aromatic carbocycles. The topological polar surface area (TPSA) is 52.6 Å². The predicted octanol–water partition coefficient (Wildman–Crippen LogP) is 2.85. The number of aromatic nitrogens is 1. The molecule has 0 unspecified atom stereocenters. The second-order valence-corrected chi connectivity index (χ2v) is 7.57. The van der Waals surface area contributed by atoms with Crippen molar-refractivity contribution in [3.05, 3.63) is 38.0 Å². The molecule has 1 aliphatic rings. The Kier molecular flexibility index (Phi) is 7.92. The van der Waals surface area contributed by atoms with E-state index in [9.17, 15) is 0 Å². The van der Waals surface area contributed by atoms with Gasteiger partial charge in [0.2, 0.25) is 0 Å². The summed E-state index contributed by atoms with van der Waals surface area (Å²) in [5, 5.41) is 12.1. The lowest BCUT2D eigenvalue weighted by Gasteiger charge is -2.27. The number of thiophene rings is 1. The van der Waals surface area contributed by atoms with E-state index < -0.39 is 0 Å². The van der Waals surface area contributed by atoms with Crippen LogP contribution in [0.2, 0.25) is 0 Å². The lowest BCUT2D eigenvalue weighted by molar-refractivity contribution is 0.260. The Balaban J connectivity index is 0.00000208. The van der Waals surface area contributed by atoms with Crippen LogP contribution in [0.15, 0.2) is 21.8 Å². The van der Waals surface area contributed by atoms with Gasteiger partial charge in [-0.3, -0.25) is 9.89 Å². The standard InChI is InChI=1S/C16H23N5S2.HI/c1-12-11-23-15(20-12)9-19-16(17-2)18-5-7-21-6-3-14-13(10-21)4-8-22-14;/h4,8,11H,3,5-7,9-10H2,1-2H3,(H2,17,18,19);1H. The summed E-state index contributed by atoms with van der Waals surface area (Å²) < 4.78 is 0. The Morgan fingerprint density at radius 1 is 1.38 bits per heavy atom. The quantitative estimate of drug-likeness (QED) is 0.395. The highest BCUT2D eigenvalue weighted by molar-refractivity contribution is 14.0. The van der Waals surface area contributed by atoms with Gasteiger partial charge in [-0.05, 0) is 30.4 Å². The van der Waals surface area contributed by atoms with E-state index in [0.717, 1.165) is 49.4 Å². The van der Waals surface area contributed by atoms with E-state index in [1.165, 1.54) is 12.0 Å². The van der Waals surface area contributed by atoms with Crippen LogP contribution in [0, 0.1) is 6.92 Å². The van der Waals surface area contributed by atoms with Gasteiger partial charge >= 0.3 is 0 Å². The van der Waals surface area contributed by atoms with Crippen molar-refractivity contribution in [2.75, 3.05) is 26.7 Å². The number of rotatable bonds is 5. The molecular formula is C16H24IN5S2. The summed E-state index contributed by atoms with van der Waals surface area (Å²) in [6, 6.07) is 2.26. The summed E-state index contributed by atoms with van der Waals surface area (Å²) in [6.07, 6.45) is 1.18. The van der Waals surface area contributed by atoms with E-state index in [4.69, 9.17) is 0 Å². The Bertz CT molecular complexity index is 667. The monoisotopic (exact) mass is 477 g/mol. The number of hydrogen-bond donors (Lipinski definition) is 2. The molecule has 0 atom stereocenters. The zero-order valence-corrected chi connectivity index (χ0v) is 18.0. The molecule has 0 amide bonds. The van der Waals surface area contributed by atoms with Gasteiger partial charge in [-0.2, -0.15) is 0 Å². The summed E-state index contributed by atoms with van der Waals surface area (Å²) in [5.74, 6) is 0.839. The Labute approximate surface area is 168 Å². The van der Waals surface area contributed by atoms with Crippen LogP contribution in [0.25, 0.3) is 0 Å². The fraction of sp³-hybridized carbons (Fsp3) is 0.500. The molecule has 0 radical (unpaired) electrons. The molecule has 5 nitrogen and oxygen atoms in total. The molecule has 0 saturated heterocycles. The first-order valence-corrected chi connectivity index (χ1v) is 9.63. The zero-order valence-electron chi connectivity index (χ0n) is 14.0. The lowest BCUT2D eigenvalue weighted by Crippen LogP contribution is -2.42. The fourth-order valence-corrected chi connectivity index (χ4v) is 4.30. The van der Waals surface area contributed by atoms with Crippen molar-refractivity contribution in [3.63, 3.8) is 0 Å². The van der Waals surface area contributed by atoms with Gasteiger partial charge < -0.3 is 10.6 Å². The van der Waals surface area contributed by atoms with Crippen molar-refractivity contribution < 1.29 is 0 Å². The molecular weight excluding hydrogens is 453 g/mol. The van der Waals surface area contributed by atoms with Crippen molar-refractivity contribution in [3.8, 4) is 0 Å². The second kappa shape index (κ2) is 9.69. The number of aliphatic imine (C=N–C) groups is 1. The van der Waals surface area contributed by atoms with Gasteiger partial charge in [0.05, 0.1) is 6.54 Å². The molecule has 2 aromatic heterocycles. The second-order valence-electron chi connectivity index (χ2n) is 5.63. The predicted molar refractivity (Wildman–Crippen MR) is 114 cm³/mol. The maximum absolute atomic E-state index is 4.45. The SMILES string of the molecule is CN=C(NCCN1CCc2sccc2C1)NCc1nc(C)cs1.I. The first-order chi connectivity index (χ1) is 11.2. The third kappa shape index (κ3) is 5.40. The van der Waals surface area contributed by atoms with E-state index in [2.05, 4.69) is 42.3 Å². The molecule has 2 N–H and O–H groups in total. The molecule has 132 valence electrons. The van der Waals surface area contributed by atoms with Gasteiger partial charge in [0.15, 0.2) is 5.96 Å². The normalized spacial score (nSPS) is 14.8. The highest BCUT2D eigenvalue weighted by Gasteiger charge is 2.16. The molecule has 0 saturated carbocycles. The van der Waals surface area contributed by atoms with Gasteiger partial charge in [-0.1, -0.05) is 0 Å². The van der Waals surface area contributed by atoms with Crippen molar-refractivity contribution in [2.45, 2.75) is 26.4 Å². The highest BCUT2D eigenvalue weighted by atomic mass is 127. The van der Waals surface area contributed by atoms with Crippen molar-refractivity contribution in [1.29, 1.82) is 0 Å². The molecule has 2 aromatic rings. The van der Waals surface area contributed by atoms with Crippen LogP contribution < -0.4 is 10.6 Å². The van der Waals surface area contributed by atoms with E-state index in [1.807, 2.05) is 18.3 Å². The summed E-state index contributed by atoms with van der Waals surface area (Å²) in [4.78, 5) is 12.8. The molecule has 24 heavy (non-hydrogen) atoms. The number of aryl methyl sites for hydroxylation is 1. The van der Waals surface area contributed by atoms with E-state index in [-0.39, 0.29) is 24.0 Å². The number of thiazole rings is 1. The number of nitrogens with one attached hydrogen (secondary N) is 2. The third-order valence-corrected chi connectivity index (χ3v) is 5.89. The van der Waals surface area contributed by atoms with Gasteiger partial charge in [0, 0.05) is 49.2 Å². The molecule has 0 spiro atoms. The number of fused-ring (bicyclic) bond motifs is 1. The van der Waals surface area contributed by atoms with Crippen molar-refractivity contribution in [2.24, 2.45) is 4.99 Å². The minimum Gasteiger partial charge on any atom is -0.355 e. The first kappa shape index (κ1) is 19.6. The molecule has 3 heterocycles. The Hall–Kier alpha value is -0.710. The fourth-order valence-electron chi connectivity index (χ4n) is 2.69. The van der Waals surface area contributed by atoms with Crippen LogP contribution in [0.5, 0.6) is 0 Å². The van der Waals surface area contributed by atoms with Gasteiger partial charge in [-0.25, -0.2) is 4.98 Å². The van der Waals surface area contributed by atoms with E-state index in [0.29, 0.717) is 0 Å². The molecule has 0 aliphatic carbocycles. The van der Waals surface area contributed by atoms with Crippen LogP contribution in [0.4, 0.5) is 0 Å². The number of nitrogens with zero attached hydrogens (tertiary/aromatic N) is 3. The number of hydrogen-bond acceptors (Lipinski definition) is 5. The largest absolute Gasteiger partial charge is 0.355 e. The maximum Gasteiger partial charge on any atom is 0.191 e. The number of halogens is 1. The first-order valence-electron chi connectivity index (χ1n) is 7.87. The summed E-state index contributed by atoms with van der Waals surface area (Å²) in [6.45, 7) is 6.90. The minimum atomic E-state index is 0. The average molecular weight is 477 g/mol. The summed E-state index contributed by atoms with van der Waals surface area (Å²) in [7, 11) is 1.81. The van der Waals surface area contributed by atoms with Crippen LogP contribution in [-0.4, -0.2) is 42.5 Å². The molecule has 8 heteroatoms. The molecule has 1 aliphatic heterocycles. The van der Waals surface area contributed by atoms with Crippen molar-refractivity contribution >= 4 is 52.6 Å². The number of guanidine groups is 1. The maximum atomic E-state index is 4.45. The van der Waals surface area contributed by atoms with E-state index in [1.54, 1.807) is 23.3 Å². The zero-order chi connectivity index (χ0) is 16.1. The van der Waals surface area contributed by atoms with Gasteiger partial charge in [0.25, 0.3) is 0 Å².